The fourth-order valence-electron chi connectivity index (χ4n) is 3.21. The minimum Gasteiger partial charge on any atom is -0.493 e. The molecule has 1 N–H and O–H groups in total. The largest absolute Gasteiger partial charge is 0.493 e. The number of aryl methyl sites for hydroxylation is 1. The molecule has 0 bridgehead atoms. The van der Waals surface area contributed by atoms with Gasteiger partial charge < -0.3 is 14.8 Å². The summed E-state index contributed by atoms with van der Waals surface area (Å²) in [4.78, 5) is 0. The van der Waals surface area contributed by atoms with Crippen molar-refractivity contribution in [2.24, 2.45) is 0 Å². The maximum Gasteiger partial charge on any atom is 0.162 e. The zero-order valence-electron chi connectivity index (χ0n) is 16.0. The lowest BCUT2D eigenvalue weighted by molar-refractivity contribution is 0.219. The highest BCUT2D eigenvalue weighted by atomic mass is 16.5. The number of hydrogen-bond acceptors (Lipinski definition) is 3. The molecule has 0 aromatic heterocycles. The van der Waals surface area contributed by atoms with E-state index >= 15 is 0 Å². The number of hydrogen-bond donors (Lipinski definition) is 1. The minimum absolute atomic E-state index is 0.146. The summed E-state index contributed by atoms with van der Waals surface area (Å²) < 4.78 is 11.7. The smallest absolute Gasteiger partial charge is 0.162 e. The van der Waals surface area contributed by atoms with E-state index in [2.05, 4.69) is 67.7 Å². The van der Waals surface area contributed by atoms with Crippen molar-refractivity contribution in [3.05, 3.63) is 71.3 Å². The lowest BCUT2D eigenvalue weighted by Crippen LogP contribution is -2.19. The first-order valence-corrected chi connectivity index (χ1v) is 9.46. The highest BCUT2D eigenvalue weighted by molar-refractivity contribution is 5.43. The van der Waals surface area contributed by atoms with Gasteiger partial charge in [-0.05, 0) is 62.4 Å². The molecule has 3 rings (SSSR count). The number of allylic oxidation sites excluding steroid dienone is 1. The van der Waals surface area contributed by atoms with Gasteiger partial charge in [-0.2, -0.15) is 0 Å². The summed E-state index contributed by atoms with van der Waals surface area (Å²) >= 11 is 0. The quantitative estimate of drug-likeness (QED) is 0.683. The number of methoxy groups -OCH3 is 1. The molecule has 0 fully saturated rings. The van der Waals surface area contributed by atoms with E-state index in [-0.39, 0.29) is 6.10 Å². The number of benzene rings is 2. The van der Waals surface area contributed by atoms with Crippen LogP contribution in [0.2, 0.25) is 0 Å². The Hall–Kier alpha value is -2.26. The molecule has 0 radical (unpaired) electrons. The Morgan fingerprint density at radius 3 is 2.62 bits per heavy atom. The van der Waals surface area contributed by atoms with E-state index in [1.807, 2.05) is 6.07 Å². The molecule has 3 heteroatoms. The van der Waals surface area contributed by atoms with Gasteiger partial charge in [0.2, 0.25) is 0 Å². The van der Waals surface area contributed by atoms with Gasteiger partial charge in [0.1, 0.15) is 6.10 Å². The second-order valence-electron chi connectivity index (χ2n) is 7.01. The maximum atomic E-state index is 6.18. The Morgan fingerprint density at radius 2 is 1.92 bits per heavy atom. The van der Waals surface area contributed by atoms with Crippen molar-refractivity contribution in [3.8, 4) is 11.5 Å². The van der Waals surface area contributed by atoms with Crippen LogP contribution in [0, 0.1) is 6.92 Å². The van der Waals surface area contributed by atoms with Crippen molar-refractivity contribution in [1.82, 2.24) is 5.32 Å². The molecule has 1 unspecified atom stereocenters. The maximum absolute atomic E-state index is 6.18. The summed E-state index contributed by atoms with van der Waals surface area (Å²) in [5, 5.41) is 3.59. The Balaban J connectivity index is 1.65. The molecule has 0 saturated heterocycles. The molecule has 3 nitrogen and oxygen atoms in total. The summed E-state index contributed by atoms with van der Waals surface area (Å²) in [7, 11) is 1.69. The van der Waals surface area contributed by atoms with Crippen molar-refractivity contribution >= 4 is 0 Å². The van der Waals surface area contributed by atoms with E-state index in [0.717, 1.165) is 30.9 Å². The summed E-state index contributed by atoms with van der Waals surface area (Å²) in [6, 6.07) is 15.2. The predicted molar refractivity (Wildman–Crippen MR) is 107 cm³/mol. The van der Waals surface area contributed by atoms with Crippen molar-refractivity contribution in [3.63, 3.8) is 0 Å². The van der Waals surface area contributed by atoms with Crippen LogP contribution in [0.5, 0.6) is 11.5 Å². The van der Waals surface area contributed by atoms with Crippen LogP contribution < -0.4 is 14.8 Å². The van der Waals surface area contributed by atoms with Crippen molar-refractivity contribution in [1.29, 1.82) is 0 Å². The molecule has 26 heavy (non-hydrogen) atoms. The first-order chi connectivity index (χ1) is 12.7. The van der Waals surface area contributed by atoms with Crippen LogP contribution in [0.4, 0.5) is 0 Å². The summed E-state index contributed by atoms with van der Waals surface area (Å²) in [6.45, 7) is 5.09. The summed E-state index contributed by atoms with van der Waals surface area (Å²) in [5.74, 6) is 1.62. The zero-order chi connectivity index (χ0) is 18.4. The van der Waals surface area contributed by atoms with E-state index < -0.39 is 0 Å². The van der Waals surface area contributed by atoms with E-state index in [9.17, 15) is 0 Å². The molecule has 0 spiro atoms. The molecule has 1 aliphatic carbocycles. The standard InChI is InChI=1S/C23H29NO2/c1-17-9-12-20(13-10-17)18(2)24-16-19-11-14-22(25-3)23(15-19)26-21-7-5-4-6-8-21/h5,7,9-15,18,21,24H,4,6,8,16H2,1-3H3/t18-,21?/m1/s1. The predicted octanol–water partition coefficient (Wildman–Crippen LogP) is 5.34. The third-order valence-electron chi connectivity index (χ3n) is 4.91. The topological polar surface area (TPSA) is 30.5 Å². The molecule has 0 amide bonds. The zero-order valence-corrected chi connectivity index (χ0v) is 16.0. The summed E-state index contributed by atoms with van der Waals surface area (Å²) in [6.07, 6.45) is 7.90. The minimum atomic E-state index is 0.146. The monoisotopic (exact) mass is 351 g/mol. The van der Waals surface area contributed by atoms with Crippen LogP contribution in [0.1, 0.15) is 48.9 Å². The molecular weight excluding hydrogens is 322 g/mol. The van der Waals surface area contributed by atoms with Gasteiger partial charge in [-0.1, -0.05) is 42.0 Å². The molecule has 138 valence electrons. The van der Waals surface area contributed by atoms with Crippen LogP contribution in [0.15, 0.2) is 54.6 Å². The van der Waals surface area contributed by atoms with Crippen LogP contribution in [-0.4, -0.2) is 13.2 Å². The van der Waals surface area contributed by atoms with Crippen molar-refractivity contribution < 1.29 is 9.47 Å². The fourth-order valence-corrected chi connectivity index (χ4v) is 3.21. The lowest BCUT2D eigenvalue weighted by Gasteiger charge is -2.21. The number of rotatable bonds is 7. The highest BCUT2D eigenvalue weighted by Crippen LogP contribution is 2.31. The molecule has 2 aromatic carbocycles. The lowest BCUT2D eigenvalue weighted by atomic mass is 10.1. The van der Waals surface area contributed by atoms with E-state index in [4.69, 9.17) is 9.47 Å². The molecule has 0 saturated carbocycles. The Bertz CT molecular complexity index is 736. The summed E-state index contributed by atoms with van der Waals surface area (Å²) in [5.41, 5.74) is 3.78. The van der Waals surface area contributed by atoms with Crippen LogP contribution >= 0.6 is 0 Å². The van der Waals surface area contributed by atoms with E-state index in [1.54, 1.807) is 7.11 Å². The first-order valence-electron chi connectivity index (χ1n) is 9.46. The fraction of sp³-hybridized carbons (Fsp3) is 0.391. The van der Waals surface area contributed by atoms with Gasteiger partial charge >= 0.3 is 0 Å². The van der Waals surface area contributed by atoms with Gasteiger partial charge in [0.25, 0.3) is 0 Å². The van der Waals surface area contributed by atoms with E-state index in [0.29, 0.717) is 6.04 Å². The normalized spacial score (nSPS) is 17.7. The van der Waals surface area contributed by atoms with Crippen LogP contribution in [-0.2, 0) is 6.54 Å². The SMILES string of the molecule is COc1ccc(CN[C@H](C)c2ccc(C)cc2)cc1OC1C=CCCC1. The van der Waals surface area contributed by atoms with Crippen LogP contribution in [0.25, 0.3) is 0 Å². The third-order valence-corrected chi connectivity index (χ3v) is 4.91. The van der Waals surface area contributed by atoms with Gasteiger partial charge in [-0.3, -0.25) is 0 Å². The molecule has 0 heterocycles. The molecule has 1 aliphatic rings. The van der Waals surface area contributed by atoms with Gasteiger partial charge in [0.15, 0.2) is 11.5 Å². The van der Waals surface area contributed by atoms with Crippen molar-refractivity contribution in [2.75, 3.05) is 7.11 Å². The average Bonchev–Trinajstić information content (AvgIpc) is 2.67. The molecular formula is C23H29NO2. The third kappa shape index (κ3) is 4.89. The van der Waals surface area contributed by atoms with Crippen LogP contribution in [0.3, 0.4) is 0 Å². The van der Waals surface area contributed by atoms with Gasteiger partial charge in [-0.25, -0.2) is 0 Å². The molecule has 2 aromatic rings. The van der Waals surface area contributed by atoms with Gasteiger partial charge in [0, 0.05) is 12.6 Å². The number of nitrogens with one attached hydrogen (secondary N) is 1. The van der Waals surface area contributed by atoms with E-state index in [1.165, 1.54) is 23.1 Å². The first kappa shape index (κ1) is 18.5. The average molecular weight is 351 g/mol. The Labute approximate surface area is 157 Å². The molecule has 2 atom stereocenters. The number of ether oxygens (including phenoxy) is 2. The Kier molecular flexibility index (Phi) is 6.35. The van der Waals surface area contributed by atoms with Gasteiger partial charge in [-0.15, -0.1) is 0 Å². The van der Waals surface area contributed by atoms with Crippen molar-refractivity contribution in [2.45, 2.75) is 51.8 Å². The Morgan fingerprint density at radius 1 is 1.12 bits per heavy atom. The second-order valence-corrected chi connectivity index (χ2v) is 7.01. The van der Waals surface area contributed by atoms with Gasteiger partial charge in [0.05, 0.1) is 7.11 Å². The second kappa shape index (κ2) is 8.91. The molecule has 0 aliphatic heterocycles. The highest BCUT2D eigenvalue weighted by Gasteiger charge is 2.14.